The summed E-state index contributed by atoms with van der Waals surface area (Å²) < 4.78 is 38.6. The van der Waals surface area contributed by atoms with Crippen LogP contribution in [0.25, 0.3) is 0 Å². The molecule has 0 saturated carbocycles. The first-order valence-corrected chi connectivity index (χ1v) is 6.76. The highest BCUT2D eigenvalue weighted by atomic mass is 32.2. The number of allylic oxidation sites excluding steroid dienone is 1. The van der Waals surface area contributed by atoms with Crippen molar-refractivity contribution in [2.75, 3.05) is 13.6 Å². The largest absolute Gasteiger partial charge is 0.245 e. The highest BCUT2D eigenvalue weighted by Gasteiger charge is 2.23. The Hall–Kier alpha value is -1.20. The van der Waals surface area contributed by atoms with Gasteiger partial charge in [0, 0.05) is 13.6 Å². The molecule has 0 aliphatic heterocycles. The quantitative estimate of drug-likeness (QED) is 0.579. The van der Waals surface area contributed by atoms with Gasteiger partial charge in [-0.05, 0) is 25.0 Å². The molecule has 0 N–H and O–H groups in total. The summed E-state index contributed by atoms with van der Waals surface area (Å²) in [5, 5.41) is 0. The maximum absolute atomic E-state index is 13.4. The summed E-state index contributed by atoms with van der Waals surface area (Å²) in [7, 11) is -2.28. The van der Waals surface area contributed by atoms with Gasteiger partial charge in [0.25, 0.3) is 0 Å². The van der Waals surface area contributed by atoms with Crippen LogP contribution in [0.15, 0.2) is 41.8 Å². The van der Waals surface area contributed by atoms with Crippen LogP contribution in [0.1, 0.15) is 12.8 Å². The molecule has 0 amide bonds. The summed E-state index contributed by atoms with van der Waals surface area (Å²) in [4.78, 5) is -0.277. The van der Waals surface area contributed by atoms with Crippen molar-refractivity contribution in [1.29, 1.82) is 0 Å². The molecule has 0 heterocycles. The van der Waals surface area contributed by atoms with E-state index in [4.69, 9.17) is 0 Å². The van der Waals surface area contributed by atoms with E-state index in [1.807, 2.05) is 0 Å². The van der Waals surface area contributed by atoms with Gasteiger partial charge in [-0.2, -0.15) is 0 Å². The Morgan fingerprint density at radius 3 is 2.65 bits per heavy atom. The van der Waals surface area contributed by atoms with Crippen molar-refractivity contribution in [2.24, 2.45) is 0 Å². The van der Waals surface area contributed by atoms with Gasteiger partial charge in [-0.3, -0.25) is 0 Å². The Labute approximate surface area is 102 Å². The number of hydrogen-bond donors (Lipinski definition) is 0. The van der Waals surface area contributed by atoms with Gasteiger partial charge in [-0.15, -0.1) is 6.58 Å². The highest BCUT2D eigenvalue weighted by Crippen LogP contribution is 2.17. The summed E-state index contributed by atoms with van der Waals surface area (Å²) >= 11 is 0. The van der Waals surface area contributed by atoms with E-state index in [0.29, 0.717) is 13.0 Å². The highest BCUT2D eigenvalue weighted by molar-refractivity contribution is 7.89. The number of hydrogen-bond acceptors (Lipinski definition) is 2. The SMILES string of the molecule is C=CCCCN(C)S(=O)(=O)c1ccccc1F. The Morgan fingerprint density at radius 1 is 1.41 bits per heavy atom. The second kappa shape index (κ2) is 5.93. The van der Waals surface area contributed by atoms with Crippen molar-refractivity contribution >= 4 is 10.0 Å². The first kappa shape index (κ1) is 13.9. The lowest BCUT2D eigenvalue weighted by molar-refractivity contribution is 0.456. The lowest BCUT2D eigenvalue weighted by Crippen LogP contribution is -2.28. The summed E-state index contributed by atoms with van der Waals surface area (Å²) in [5.41, 5.74) is 0. The van der Waals surface area contributed by atoms with Crippen molar-refractivity contribution < 1.29 is 12.8 Å². The summed E-state index contributed by atoms with van der Waals surface area (Å²) in [5.74, 6) is -0.719. The number of rotatable bonds is 6. The van der Waals surface area contributed by atoms with Gasteiger partial charge >= 0.3 is 0 Å². The van der Waals surface area contributed by atoms with Crippen molar-refractivity contribution in [2.45, 2.75) is 17.7 Å². The second-order valence-corrected chi connectivity index (χ2v) is 5.70. The molecule has 0 fully saturated rings. The van der Waals surface area contributed by atoms with Crippen LogP contribution >= 0.6 is 0 Å². The van der Waals surface area contributed by atoms with Gasteiger partial charge in [0.1, 0.15) is 10.7 Å². The summed E-state index contributed by atoms with van der Waals surface area (Å²) in [6.45, 7) is 3.91. The van der Waals surface area contributed by atoms with Gasteiger partial charge in [-0.1, -0.05) is 18.2 Å². The Kier molecular flexibility index (Phi) is 4.84. The standard InChI is InChI=1S/C12H16FNO2S/c1-3-4-7-10-14(2)17(15,16)12-9-6-5-8-11(12)13/h3,5-6,8-9H,1,4,7,10H2,2H3. The maximum Gasteiger partial charge on any atom is 0.245 e. The average Bonchev–Trinajstić information content (AvgIpc) is 2.29. The van der Waals surface area contributed by atoms with Gasteiger partial charge in [-0.25, -0.2) is 17.1 Å². The molecule has 0 spiro atoms. The van der Waals surface area contributed by atoms with E-state index in [9.17, 15) is 12.8 Å². The molecule has 1 aromatic carbocycles. The minimum atomic E-state index is -3.73. The summed E-state index contributed by atoms with van der Waals surface area (Å²) in [6.07, 6.45) is 3.13. The maximum atomic E-state index is 13.4. The third kappa shape index (κ3) is 3.38. The average molecular weight is 257 g/mol. The minimum absolute atomic E-state index is 0.277. The number of sulfonamides is 1. The van der Waals surface area contributed by atoms with Crippen molar-refractivity contribution in [3.05, 3.63) is 42.7 Å². The third-order valence-electron chi connectivity index (χ3n) is 2.41. The smallest absolute Gasteiger partial charge is 0.207 e. The molecule has 94 valence electrons. The normalized spacial score (nSPS) is 11.7. The lowest BCUT2D eigenvalue weighted by Gasteiger charge is -2.17. The van der Waals surface area contributed by atoms with Gasteiger partial charge in [0.05, 0.1) is 0 Å². The zero-order valence-electron chi connectivity index (χ0n) is 9.77. The zero-order chi connectivity index (χ0) is 12.9. The molecule has 1 rings (SSSR count). The van der Waals surface area contributed by atoms with Crippen LogP contribution < -0.4 is 0 Å². The van der Waals surface area contributed by atoms with E-state index in [1.54, 1.807) is 6.08 Å². The van der Waals surface area contributed by atoms with Crippen LogP contribution in [0, 0.1) is 5.82 Å². The van der Waals surface area contributed by atoms with Crippen LogP contribution in [0.3, 0.4) is 0 Å². The predicted molar refractivity (Wildman–Crippen MR) is 65.6 cm³/mol. The van der Waals surface area contributed by atoms with E-state index < -0.39 is 15.8 Å². The molecule has 1 aromatic rings. The van der Waals surface area contributed by atoms with Crippen molar-refractivity contribution in [3.8, 4) is 0 Å². The van der Waals surface area contributed by atoms with Crippen LogP contribution in [-0.2, 0) is 10.0 Å². The van der Waals surface area contributed by atoms with E-state index in [2.05, 4.69) is 6.58 Å². The fourth-order valence-corrected chi connectivity index (χ4v) is 2.67. The van der Waals surface area contributed by atoms with E-state index in [-0.39, 0.29) is 4.90 Å². The first-order chi connectivity index (χ1) is 8.00. The molecule has 3 nitrogen and oxygen atoms in total. The van der Waals surface area contributed by atoms with Crippen molar-refractivity contribution in [3.63, 3.8) is 0 Å². The zero-order valence-corrected chi connectivity index (χ0v) is 10.6. The number of unbranched alkanes of at least 4 members (excludes halogenated alkanes) is 1. The molecular formula is C12H16FNO2S. The van der Waals surface area contributed by atoms with Crippen LogP contribution in [-0.4, -0.2) is 26.3 Å². The topological polar surface area (TPSA) is 37.4 Å². The van der Waals surface area contributed by atoms with E-state index >= 15 is 0 Å². The molecule has 0 radical (unpaired) electrons. The van der Waals surface area contributed by atoms with Crippen LogP contribution in [0.5, 0.6) is 0 Å². The molecule has 17 heavy (non-hydrogen) atoms. The minimum Gasteiger partial charge on any atom is -0.207 e. The summed E-state index contributed by atoms with van der Waals surface area (Å²) in [6, 6.07) is 5.39. The number of halogens is 1. The molecule has 0 aromatic heterocycles. The number of benzene rings is 1. The lowest BCUT2D eigenvalue weighted by atomic mass is 10.3. The van der Waals surface area contributed by atoms with E-state index in [1.165, 1.54) is 25.2 Å². The van der Waals surface area contributed by atoms with Crippen molar-refractivity contribution in [1.82, 2.24) is 4.31 Å². The fraction of sp³-hybridized carbons (Fsp3) is 0.333. The van der Waals surface area contributed by atoms with Gasteiger partial charge < -0.3 is 0 Å². The number of nitrogens with zero attached hydrogens (tertiary/aromatic N) is 1. The third-order valence-corrected chi connectivity index (χ3v) is 4.30. The Morgan fingerprint density at radius 2 is 2.06 bits per heavy atom. The Balaban J connectivity index is 2.88. The second-order valence-electron chi connectivity index (χ2n) is 3.69. The molecule has 0 saturated heterocycles. The predicted octanol–water partition coefficient (Wildman–Crippen LogP) is 2.41. The molecule has 0 aliphatic carbocycles. The van der Waals surface area contributed by atoms with Gasteiger partial charge in [0.2, 0.25) is 10.0 Å². The molecular weight excluding hydrogens is 241 g/mol. The fourth-order valence-electron chi connectivity index (χ4n) is 1.40. The van der Waals surface area contributed by atoms with Crippen LogP contribution in [0.4, 0.5) is 4.39 Å². The molecule has 0 atom stereocenters. The van der Waals surface area contributed by atoms with Crippen LogP contribution in [0.2, 0.25) is 0 Å². The monoisotopic (exact) mass is 257 g/mol. The van der Waals surface area contributed by atoms with Gasteiger partial charge in [0.15, 0.2) is 0 Å². The first-order valence-electron chi connectivity index (χ1n) is 5.32. The molecule has 0 bridgehead atoms. The molecule has 5 heteroatoms. The molecule has 0 unspecified atom stereocenters. The van der Waals surface area contributed by atoms with E-state index in [0.717, 1.165) is 16.8 Å². The molecule has 0 aliphatic rings. The Bertz CT molecular complexity index is 485.